The van der Waals surface area contributed by atoms with Gasteiger partial charge in [-0.05, 0) is 56.4 Å². The predicted molar refractivity (Wildman–Crippen MR) is 164 cm³/mol. The highest BCUT2D eigenvalue weighted by atomic mass is 16.1. The predicted octanol–water partition coefficient (Wildman–Crippen LogP) is 2.05. The molecule has 8 N–H and O–H groups in total. The van der Waals surface area contributed by atoms with Crippen LogP contribution in [0.2, 0.25) is 0 Å². The SMILES string of the molecule is Cc1ccc(N2CCC(NC3CC3)CC2)c2cn(C)nc12.Cn1cc2cc(NC=O)cc(CN/C(N)=C/NN)c2n1. The Balaban J connectivity index is 0.000000165. The Morgan fingerprint density at radius 2 is 1.73 bits per heavy atom. The van der Waals surface area contributed by atoms with Crippen molar-refractivity contribution in [2.75, 3.05) is 23.3 Å². The van der Waals surface area contributed by atoms with Gasteiger partial charge in [-0.15, -0.1) is 0 Å². The molecular weight excluding hydrogens is 518 g/mol. The number of hydrogen-bond donors (Lipinski definition) is 6. The number of fused-ring (bicyclic) bond motifs is 2. The maximum atomic E-state index is 10.6. The first-order valence-corrected chi connectivity index (χ1v) is 14.1. The van der Waals surface area contributed by atoms with E-state index in [0.29, 0.717) is 24.5 Å². The molecule has 3 heterocycles. The van der Waals surface area contributed by atoms with E-state index in [1.807, 2.05) is 37.1 Å². The molecule has 12 nitrogen and oxygen atoms in total. The molecule has 1 aliphatic carbocycles. The first-order chi connectivity index (χ1) is 19.8. The molecule has 6 rings (SSSR count). The number of nitrogens with one attached hydrogen (secondary N) is 4. The van der Waals surface area contributed by atoms with Gasteiger partial charge in [-0.3, -0.25) is 20.0 Å². The lowest BCUT2D eigenvalue weighted by molar-refractivity contribution is -0.105. The number of carbonyl (C=O) groups excluding carboxylic acids is 1. The second-order valence-electron chi connectivity index (χ2n) is 10.9. The molecule has 0 radical (unpaired) electrons. The van der Waals surface area contributed by atoms with E-state index in [-0.39, 0.29) is 0 Å². The van der Waals surface area contributed by atoms with Gasteiger partial charge < -0.3 is 32.0 Å². The summed E-state index contributed by atoms with van der Waals surface area (Å²) in [5.41, 5.74) is 14.3. The molecule has 0 spiro atoms. The lowest BCUT2D eigenvalue weighted by Crippen LogP contribution is -2.43. The quantitative estimate of drug-likeness (QED) is 0.103. The summed E-state index contributed by atoms with van der Waals surface area (Å²) in [7, 11) is 3.85. The van der Waals surface area contributed by atoms with Crippen LogP contribution in [-0.2, 0) is 25.4 Å². The number of hydrogen-bond acceptors (Lipinski definition) is 9. The van der Waals surface area contributed by atoms with Crippen molar-refractivity contribution < 1.29 is 4.79 Å². The maximum absolute atomic E-state index is 10.6. The van der Waals surface area contributed by atoms with Crippen molar-refractivity contribution >= 4 is 39.6 Å². The number of anilines is 2. The maximum Gasteiger partial charge on any atom is 0.211 e. The third-order valence-electron chi connectivity index (χ3n) is 7.60. The fraction of sp³-hybridized carbons (Fsp3) is 0.414. The van der Waals surface area contributed by atoms with Gasteiger partial charge in [-0.2, -0.15) is 10.2 Å². The molecule has 2 aromatic heterocycles. The van der Waals surface area contributed by atoms with Crippen LogP contribution in [0.1, 0.15) is 36.8 Å². The smallest absolute Gasteiger partial charge is 0.211 e. The van der Waals surface area contributed by atoms with Crippen molar-refractivity contribution in [3.05, 3.63) is 59.8 Å². The minimum atomic E-state index is 0.408. The van der Waals surface area contributed by atoms with E-state index in [9.17, 15) is 4.79 Å². The lowest BCUT2D eigenvalue weighted by atomic mass is 10.0. The summed E-state index contributed by atoms with van der Waals surface area (Å²) in [5.74, 6) is 5.55. The summed E-state index contributed by atoms with van der Waals surface area (Å²) in [4.78, 5) is 13.1. The lowest BCUT2D eigenvalue weighted by Gasteiger charge is -2.34. The Kier molecular flexibility index (Phi) is 8.60. The van der Waals surface area contributed by atoms with Crippen LogP contribution in [0.4, 0.5) is 11.4 Å². The van der Waals surface area contributed by atoms with Gasteiger partial charge in [0.2, 0.25) is 6.41 Å². The molecule has 2 fully saturated rings. The van der Waals surface area contributed by atoms with Crippen LogP contribution in [0.5, 0.6) is 0 Å². The van der Waals surface area contributed by atoms with E-state index >= 15 is 0 Å². The molecule has 12 heteroatoms. The van der Waals surface area contributed by atoms with Crippen molar-refractivity contribution in [2.45, 2.75) is 51.2 Å². The molecule has 41 heavy (non-hydrogen) atoms. The second kappa shape index (κ2) is 12.5. The molecule has 4 aromatic rings. The topological polar surface area (TPSA) is 156 Å². The number of hydrazine groups is 1. The van der Waals surface area contributed by atoms with E-state index in [1.54, 1.807) is 4.68 Å². The van der Waals surface area contributed by atoms with Gasteiger partial charge in [-0.25, -0.2) is 0 Å². The Bertz CT molecular complexity index is 1530. The van der Waals surface area contributed by atoms with Crippen LogP contribution in [0.25, 0.3) is 21.8 Å². The summed E-state index contributed by atoms with van der Waals surface area (Å²) in [5, 5.41) is 20.7. The summed E-state index contributed by atoms with van der Waals surface area (Å²) in [6, 6.07) is 9.74. The standard InChI is InChI=1S/C17H24N4.C12H17N7O/c1-12-3-6-16(15-11-20(2)19-17(12)15)21-9-7-14(8-10-21)18-13-4-5-13;1-19-6-9-3-10(16-7-20)2-8(12(9)18-19)4-15-11(13)5-17-14/h3,6,11,13-14,18H,4-5,7-10H2,1-2H3;2-3,5-7,15,17H,4,13-14H2,1H3,(H,16,20)/b;11-5+. The molecule has 1 aliphatic heterocycles. The number of nitrogens with zero attached hydrogens (tertiary/aromatic N) is 5. The number of carbonyl (C=O) groups is 1. The van der Waals surface area contributed by atoms with Gasteiger partial charge >= 0.3 is 0 Å². The van der Waals surface area contributed by atoms with Crippen LogP contribution in [0.15, 0.2) is 48.7 Å². The number of amides is 1. The Morgan fingerprint density at radius 3 is 2.44 bits per heavy atom. The van der Waals surface area contributed by atoms with Crippen LogP contribution in [-0.4, -0.2) is 51.1 Å². The van der Waals surface area contributed by atoms with Crippen molar-refractivity contribution in [3.8, 4) is 0 Å². The second-order valence-corrected chi connectivity index (χ2v) is 10.9. The highest BCUT2D eigenvalue weighted by Gasteiger charge is 2.27. The van der Waals surface area contributed by atoms with Crippen molar-refractivity contribution in [1.29, 1.82) is 0 Å². The zero-order chi connectivity index (χ0) is 28.9. The molecule has 2 aliphatic rings. The summed E-state index contributed by atoms with van der Waals surface area (Å²) < 4.78 is 3.65. The van der Waals surface area contributed by atoms with E-state index in [0.717, 1.165) is 47.2 Å². The van der Waals surface area contributed by atoms with Gasteiger partial charge in [0.25, 0.3) is 0 Å². The van der Waals surface area contributed by atoms with Crippen LogP contribution >= 0.6 is 0 Å². The number of piperidine rings is 1. The van der Waals surface area contributed by atoms with Crippen molar-refractivity contribution in [1.82, 2.24) is 35.6 Å². The average Bonchev–Trinajstić information content (AvgIpc) is 3.54. The van der Waals surface area contributed by atoms with Crippen LogP contribution in [0.3, 0.4) is 0 Å². The summed E-state index contributed by atoms with van der Waals surface area (Å²) in [6.45, 7) is 4.91. The first kappa shape index (κ1) is 28.2. The molecule has 0 bridgehead atoms. The highest BCUT2D eigenvalue weighted by molar-refractivity contribution is 5.93. The molecule has 218 valence electrons. The number of benzene rings is 2. The first-order valence-electron chi connectivity index (χ1n) is 14.1. The number of aryl methyl sites for hydroxylation is 3. The molecule has 1 amide bonds. The minimum Gasteiger partial charge on any atom is -0.384 e. The Labute approximate surface area is 240 Å². The molecular formula is C29H41N11O. The van der Waals surface area contributed by atoms with Gasteiger partial charge in [0.05, 0.1) is 17.2 Å². The summed E-state index contributed by atoms with van der Waals surface area (Å²) >= 11 is 0. The third kappa shape index (κ3) is 6.90. The van der Waals surface area contributed by atoms with Gasteiger partial charge in [0, 0.05) is 85.9 Å². The molecule has 1 saturated carbocycles. The van der Waals surface area contributed by atoms with Crippen LogP contribution in [0, 0.1) is 6.92 Å². The normalized spacial score (nSPS) is 16.0. The number of aromatic nitrogens is 4. The van der Waals surface area contributed by atoms with Crippen molar-refractivity contribution in [3.63, 3.8) is 0 Å². The molecule has 2 aromatic carbocycles. The molecule has 1 saturated heterocycles. The highest BCUT2D eigenvalue weighted by Crippen LogP contribution is 2.31. The van der Waals surface area contributed by atoms with Gasteiger partial charge in [0.1, 0.15) is 5.82 Å². The van der Waals surface area contributed by atoms with E-state index in [2.05, 4.69) is 61.7 Å². The zero-order valence-corrected chi connectivity index (χ0v) is 24.0. The molecule has 0 unspecified atom stereocenters. The van der Waals surface area contributed by atoms with Gasteiger partial charge in [-0.1, -0.05) is 6.07 Å². The van der Waals surface area contributed by atoms with E-state index in [1.165, 1.54) is 48.5 Å². The van der Waals surface area contributed by atoms with Gasteiger partial charge in [0.15, 0.2) is 0 Å². The summed E-state index contributed by atoms with van der Waals surface area (Å²) in [6.07, 6.45) is 11.4. The van der Waals surface area contributed by atoms with Crippen LogP contribution < -0.4 is 37.9 Å². The number of nitrogens with two attached hydrogens (primary N) is 2. The number of rotatable bonds is 9. The third-order valence-corrected chi connectivity index (χ3v) is 7.60. The monoisotopic (exact) mass is 559 g/mol. The fourth-order valence-corrected chi connectivity index (χ4v) is 5.44. The fourth-order valence-electron chi connectivity index (χ4n) is 5.44. The zero-order valence-electron chi connectivity index (χ0n) is 24.0. The average molecular weight is 560 g/mol. The minimum absolute atomic E-state index is 0.408. The largest absolute Gasteiger partial charge is 0.384 e. The van der Waals surface area contributed by atoms with E-state index in [4.69, 9.17) is 11.6 Å². The Hall–Kier alpha value is -4.29. The van der Waals surface area contributed by atoms with Crippen molar-refractivity contribution in [2.24, 2.45) is 25.7 Å². The molecule has 0 atom stereocenters. The van der Waals surface area contributed by atoms with E-state index < -0.39 is 0 Å². The Morgan fingerprint density at radius 1 is 1.02 bits per heavy atom.